The third kappa shape index (κ3) is 1.52. The van der Waals surface area contributed by atoms with Crippen LogP contribution in [-0.2, 0) is 12.8 Å². The number of rotatable bonds is 0. The van der Waals surface area contributed by atoms with Crippen LogP contribution in [0.1, 0.15) is 17.5 Å². The predicted molar refractivity (Wildman–Crippen MR) is 65.4 cm³/mol. The van der Waals surface area contributed by atoms with Crippen molar-refractivity contribution in [3.63, 3.8) is 0 Å². The largest absolute Gasteiger partial charge is 0.336 e. The molecule has 4 heteroatoms. The molecule has 1 aromatic carbocycles. The molecule has 1 aromatic rings. The lowest BCUT2D eigenvalue weighted by molar-refractivity contribution is 0.242. The minimum Gasteiger partial charge on any atom is -0.336 e. The van der Waals surface area contributed by atoms with Crippen LogP contribution in [0.4, 0.5) is 4.79 Å². The lowest BCUT2D eigenvalue weighted by Gasteiger charge is -2.34. The van der Waals surface area contributed by atoms with Crippen molar-refractivity contribution in [1.82, 2.24) is 10.6 Å². The average Bonchev–Trinajstić information content (AvgIpc) is 2.60. The first kappa shape index (κ1) is 10.1. The number of benzene rings is 1. The van der Waals surface area contributed by atoms with E-state index in [9.17, 15) is 4.79 Å². The second-order valence-electron chi connectivity index (χ2n) is 4.64. The Kier molecular flexibility index (Phi) is 2.21. The van der Waals surface area contributed by atoms with Crippen molar-refractivity contribution >= 4 is 22.0 Å². The fourth-order valence-corrected chi connectivity index (χ4v) is 3.31. The molecule has 1 aliphatic heterocycles. The topological polar surface area (TPSA) is 41.1 Å². The van der Waals surface area contributed by atoms with E-state index in [1.165, 1.54) is 15.6 Å². The molecule has 1 atom stereocenters. The number of urea groups is 1. The van der Waals surface area contributed by atoms with Crippen molar-refractivity contribution in [2.45, 2.75) is 24.8 Å². The number of nitrogens with one attached hydrogen (secondary N) is 2. The maximum Gasteiger partial charge on any atom is 0.315 e. The van der Waals surface area contributed by atoms with E-state index in [0.29, 0.717) is 0 Å². The SMILES string of the molecule is O=C1NCC2(CCc3c(Br)cccc3C2)N1. The zero-order chi connectivity index (χ0) is 11.2. The van der Waals surface area contributed by atoms with Gasteiger partial charge < -0.3 is 10.6 Å². The van der Waals surface area contributed by atoms with Gasteiger partial charge in [-0.1, -0.05) is 28.1 Å². The first-order chi connectivity index (χ1) is 7.69. The van der Waals surface area contributed by atoms with E-state index in [0.717, 1.165) is 25.8 Å². The molecule has 0 radical (unpaired) electrons. The van der Waals surface area contributed by atoms with Crippen LogP contribution in [0.15, 0.2) is 22.7 Å². The van der Waals surface area contributed by atoms with E-state index in [1.54, 1.807) is 0 Å². The molecule has 0 bridgehead atoms. The molecule has 0 aromatic heterocycles. The highest BCUT2D eigenvalue weighted by molar-refractivity contribution is 9.10. The highest BCUT2D eigenvalue weighted by atomic mass is 79.9. The summed E-state index contributed by atoms with van der Waals surface area (Å²) in [6, 6.07) is 6.28. The van der Waals surface area contributed by atoms with Gasteiger partial charge in [0.25, 0.3) is 0 Å². The van der Waals surface area contributed by atoms with Gasteiger partial charge in [0, 0.05) is 11.0 Å². The van der Waals surface area contributed by atoms with Crippen molar-refractivity contribution in [3.8, 4) is 0 Å². The molecule has 1 heterocycles. The number of hydrogen-bond donors (Lipinski definition) is 2. The Balaban J connectivity index is 1.95. The van der Waals surface area contributed by atoms with Gasteiger partial charge in [0.2, 0.25) is 0 Å². The summed E-state index contributed by atoms with van der Waals surface area (Å²) in [5.74, 6) is 0. The third-order valence-electron chi connectivity index (χ3n) is 3.56. The van der Waals surface area contributed by atoms with Crippen molar-refractivity contribution in [1.29, 1.82) is 0 Å². The van der Waals surface area contributed by atoms with E-state index in [-0.39, 0.29) is 11.6 Å². The molecule has 16 heavy (non-hydrogen) atoms. The van der Waals surface area contributed by atoms with Crippen molar-refractivity contribution in [3.05, 3.63) is 33.8 Å². The minimum absolute atomic E-state index is 0.0292. The van der Waals surface area contributed by atoms with Gasteiger partial charge >= 0.3 is 6.03 Å². The maximum absolute atomic E-state index is 11.3. The van der Waals surface area contributed by atoms with Gasteiger partial charge in [0.15, 0.2) is 0 Å². The Hall–Kier alpha value is -1.03. The Bertz CT molecular complexity index is 460. The summed E-state index contributed by atoms with van der Waals surface area (Å²) in [6.45, 7) is 0.748. The molecule has 1 saturated heterocycles. The second-order valence-corrected chi connectivity index (χ2v) is 5.50. The molecule has 84 valence electrons. The van der Waals surface area contributed by atoms with Crippen LogP contribution >= 0.6 is 15.9 Å². The normalized spacial score (nSPS) is 27.4. The number of hydrogen-bond acceptors (Lipinski definition) is 1. The summed E-state index contributed by atoms with van der Waals surface area (Å²) in [4.78, 5) is 11.3. The van der Waals surface area contributed by atoms with Crippen LogP contribution in [0.2, 0.25) is 0 Å². The molecular formula is C12H13BrN2O. The van der Waals surface area contributed by atoms with E-state index in [4.69, 9.17) is 0 Å². The number of carbonyl (C=O) groups excluding carboxylic acids is 1. The molecule has 2 amide bonds. The molecule has 2 aliphatic rings. The fraction of sp³-hybridized carbons (Fsp3) is 0.417. The van der Waals surface area contributed by atoms with E-state index in [1.807, 2.05) is 0 Å². The van der Waals surface area contributed by atoms with Crippen molar-refractivity contribution < 1.29 is 4.79 Å². The summed E-state index contributed by atoms with van der Waals surface area (Å²) in [7, 11) is 0. The molecule has 3 nitrogen and oxygen atoms in total. The van der Waals surface area contributed by atoms with Gasteiger partial charge in [-0.15, -0.1) is 0 Å². The quantitative estimate of drug-likeness (QED) is 0.750. The summed E-state index contributed by atoms with van der Waals surface area (Å²) < 4.78 is 1.19. The average molecular weight is 281 g/mol. The Morgan fingerprint density at radius 2 is 2.25 bits per heavy atom. The molecule has 0 saturated carbocycles. The Morgan fingerprint density at radius 1 is 1.38 bits per heavy atom. The standard InChI is InChI=1S/C12H13BrN2O/c13-10-3-1-2-8-6-12(5-4-9(8)10)7-14-11(16)15-12/h1-3H,4-7H2,(H2,14,15,16). The predicted octanol–water partition coefficient (Wildman–Crippen LogP) is 1.99. The van der Waals surface area contributed by atoms with Crippen molar-refractivity contribution in [2.75, 3.05) is 6.54 Å². The zero-order valence-corrected chi connectivity index (χ0v) is 10.4. The smallest absolute Gasteiger partial charge is 0.315 e. The van der Waals surface area contributed by atoms with Crippen LogP contribution in [0, 0.1) is 0 Å². The molecule has 1 unspecified atom stereocenters. The molecule has 1 fully saturated rings. The van der Waals surface area contributed by atoms with Crippen LogP contribution < -0.4 is 10.6 Å². The third-order valence-corrected chi connectivity index (χ3v) is 4.31. The minimum atomic E-state index is -0.0507. The van der Waals surface area contributed by atoms with Gasteiger partial charge in [-0.3, -0.25) is 0 Å². The Labute approximate surface area is 103 Å². The van der Waals surface area contributed by atoms with Crippen LogP contribution in [-0.4, -0.2) is 18.1 Å². The molecule has 2 N–H and O–H groups in total. The lowest BCUT2D eigenvalue weighted by atomic mass is 9.78. The summed E-state index contributed by atoms with van der Waals surface area (Å²) in [5.41, 5.74) is 2.70. The molecule has 3 rings (SSSR count). The lowest BCUT2D eigenvalue weighted by Crippen LogP contribution is -2.48. The Morgan fingerprint density at radius 3 is 3.00 bits per heavy atom. The summed E-state index contributed by atoms with van der Waals surface area (Å²) >= 11 is 3.59. The highest BCUT2D eigenvalue weighted by Crippen LogP contribution is 2.33. The number of amides is 2. The second kappa shape index (κ2) is 3.48. The van der Waals surface area contributed by atoms with Gasteiger partial charge in [-0.25, -0.2) is 4.79 Å². The number of halogens is 1. The molecule has 1 aliphatic carbocycles. The van der Waals surface area contributed by atoms with E-state index in [2.05, 4.69) is 44.8 Å². The highest BCUT2D eigenvalue weighted by Gasteiger charge is 2.40. The van der Waals surface area contributed by atoms with E-state index >= 15 is 0 Å². The van der Waals surface area contributed by atoms with Gasteiger partial charge in [-0.05, 0) is 36.5 Å². The van der Waals surface area contributed by atoms with E-state index < -0.39 is 0 Å². The summed E-state index contributed by atoms with van der Waals surface area (Å²) in [6.07, 6.45) is 2.97. The summed E-state index contributed by atoms with van der Waals surface area (Å²) in [5, 5.41) is 5.93. The van der Waals surface area contributed by atoms with Gasteiger partial charge in [-0.2, -0.15) is 0 Å². The first-order valence-electron chi connectivity index (χ1n) is 5.51. The number of fused-ring (bicyclic) bond motifs is 1. The van der Waals surface area contributed by atoms with Crippen LogP contribution in [0.25, 0.3) is 0 Å². The first-order valence-corrected chi connectivity index (χ1v) is 6.30. The van der Waals surface area contributed by atoms with Gasteiger partial charge in [0.05, 0.1) is 5.54 Å². The van der Waals surface area contributed by atoms with Crippen LogP contribution in [0.5, 0.6) is 0 Å². The van der Waals surface area contributed by atoms with Gasteiger partial charge in [0.1, 0.15) is 0 Å². The fourth-order valence-electron chi connectivity index (χ4n) is 2.70. The van der Waals surface area contributed by atoms with Crippen molar-refractivity contribution in [2.24, 2.45) is 0 Å². The maximum atomic E-state index is 11.3. The molecule has 1 spiro atoms. The molecular weight excluding hydrogens is 268 g/mol. The number of carbonyl (C=O) groups is 1. The zero-order valence-electron chi connectivity index (χ0n) is 8.85. The monoisotopic (exact) mass is 280 g/mol. The van der Waals surface area contributed by atoms with Crippen LogP contribution in [0.3, 0.4) is 0 Å².